The zero-order valence-corrected chi connectivity index (χ0v) is 10.4. The van der Waals surface area contributed by atoms with Crippen LogP contribution in [0.5, 0.6) is 5.75 Å². The second-order valence-electron chi connectivity index (χ2n) is 4.77. The predicted octanol–water partition coefficient (Wildman–Crippen LogP) is 0.780. The minimum Gasteiger partial charge on any atom is -0.494 e. The van der Waals surface area contributed by atoms with Crippen LogP contribution >= 0.6 is 0 Å². The zero-order chi connectivity index (χ0) is 13.2. The molecule has 0 heterocycles. The molecule has 1 aromatic carbocycles. The Hall–Kier alpha value is -1.75. The summed E-state index contributed by atoms with van der Waals surface area (Å²) in [4.78, 5) is 12.0. The lowest BCUT2D eigenvalue weighted by Gasteiger charge is -2.14. The highest BCUT2D eigenvalue weighted by Crippen LogP contribution is 2.44. The van der Waals surface area contributed by atoms with E-state index >= 15 is 0 Å². The molecule has 1 saturated carbocycles. The van der Waals surface area contributed by atoms with Gasteiger partial charge in [-0.25, -0.2) is 0 Å². The molecule has 0 spiro atoms. The standard InChI is InChI=1S/C13H18N2O3/c1-18-11-9(3-2-4-10(11)14)12(17)15-7-13(8-16)5-6-13/h2-4,16H,5-8,14H2,1H3,(H,15,17). The summed E-state index contributed by atoms with van der Waals surface area (Å²) in [5.74, 6) is 0.169. The topological polar surface area (TPSA) is 84.6 Å². The molecule has 1 aromatic rings. The zero-order valence-electron chi connectivity index (χ0n) is 10.4. The van der Waals surface area contributed by atoms with Crippen molar-refractivity contribution in [2.45, 2.75) is 12.8 Å². The number of anilines is 1. The summed E-state index contributed by atoms with van der Waals surface area (Å²) in [7, 11) is 1.48. The molecule has 0 unspecified atom stereocenters. The summed E-state index contributed by atoms with van der Waals surface area (Å²) in [5, 5.41) is 12.0. The van der Waals surface area contributed by atoms with Crippen molar-refractivity contribution in [1.29, 1.82) is 0 Å². The Labute approximate surface area is 106 Å². The number of carbonyl (C=O) groups is 1. The van der Waals surface area contributed by atoms with E-state index in [1.54, 1.807) is 18.2 Å². The molecule has 0 aromatic heterocycles. The summed E-state index contributed by atoms with van der Waals surface area (Å²) in [5.41, 5.74) is 6.50. The van der Waals surface area contributed by atoms with Gasteiger partial charge in [0.05, 0.1) is 25.0 Å². The number of ether oxygens (including phenoxy) is 1. The lowest BCUT2D eigenvalue weighted by atomic mass is 10.1. The maximum absolute atomic E-state index is 12.0. The van der Waals surface area contributed by atoms with Crippen molar-refractivity contribution in [3.63, 3.8) is 0 Å². The van der Waals surface area contributed by atoms with Gasteiger partial charge in [-0.15, -0.1) is 0 Å². The molecule has 0 aliphatic heterocycles. The highest BCUT2D eigenvalue weighted by molar-refractivity contribution is 5.98. The normalized spacial score (nSPS) is 16.1. The largest absolute Gasteiger partial charge is 0.494 e. The molecule has 1 aliphatic rings. The summed E-state index contributed by atoms with van der Waals surface area (Å²) < 4.78 is 5.14. The van der Waals surface area contributed by atoms with Crippen molar-refractivity contribution in [2.75, 3.05) is 26.0 Å². The Balaban J connectivity index is 2.07. The van der Waals surface area contributed by atoms with Crippen LogP contribution < -0.4 is 15.8 Å². The summed E-state index contributed by atoms with van der Waals surface area (Å²) in [6.07, 6.45) is 1.91. The van der Waals surface area contributed by atoms with Crippen molar-refractivity contribution >= 4 is 11.6 Å². The molecule has 1 fully saturated rings. The molecule has 1 aliphatic carbocycles. The molecule has 18 heavy (non-hydrogen) atoms. The van der Waals surface area contributed by atoms with Gasteiger partial charge in [-0.1, -0.05) is 6.07 Å². The van der Waals surface area contributed by atoms with Gasteiger partial charge in [0.1, 0.15) is 0 Å². The summed E-state index contributed by atoms with van der Waals surface area (Å²) >= 11 is 0. The maximum Gasteiger partial charge on any atom is 0.255 e. The SMILES string of the molecule is COc1c(N)cccc1C(=O)NCC1(CO)CC1. The number of aliphatic hydroxyl groups excluding tert-OH is 1. The average Bonchev–Trinajstić information content (AvgIpc) is 3.16. The first-order valence-electron chi connectivity index (χ1n) is 5.93. The third-order valence-corrected chi connectivity index (χ3v) is 3.41. The van der Waals surface area contributed by atoms with Crippen molar-refractivity contribution in [1.82, 2.24) is 5.32 Å². The van der Waals surface area contributed by atoms with E-state index in [1.807, 2.05) is 0 Å². The van der Waals surface area contributed by atoms with Crippen LogP contribution in [0.3, 0.4) is 0 Å². The smallest absolute Gasteiger partial charge is 0.255 e. The molecule has 2 rings (SSSR count). The number of rotatable bonds is 5. The highest BCUT2D eigenvalue weighted by atomic mass is 16.5. The van der Waals surface area contributed by atoms with Gasteiger partial charge in [0, 0.05) is 12.0 Å². The number of carbonyl (C=O) groups excluding carboxylic acids is 1. The monoisotopic (exact) mass is 250 g/mol. The van der Waals surface area contributed by atoms with Gasteiger partial charge in [-0.3, -0.25) is 4.79 Å². The summed E-state index contributed by atoms with van der Waals surface area (Å²) in [6, 6.07) is 5.07. The Kier molecular flexibility index (Phi) is 3.43. The van der Waals surface area contributed by atoms with Crippen molar-refractivity contribution < 1.29 is 14.6 Å². The van der Waals surface area contributed by atoms with E-state index in [0.717, 1.165) is 12.8 Å². The van der Waals surface area contributed by atoms with Gasteiger partial charge in [-0.05, 0) is 25.0 Å². The number of para-hydroxylation sites is 1. The molecule has 1 amide bonds. The summed E-state index contributed by atoms with van der Waals surface area (Å²) in [6.45, 7) is 0.599. The number of aliphatic hydroxyl groups is 1. The predicted molar refractivity (Wildman–Crippen MR) is 68.5 cm³/mol. The van der Waals surface area contributed by atoms with Crippen molar-refractivity contribution in [2.24, 2.45) is 5.41 Å². The Morgan fingerprint density at radius 2 is 2.28 bits per heavy atom. The van der Waals surface area contributed by atoms with Gasteiger partial charge >= 0.3 is 0 Å². The van der Waals surface area contributed by atoms with Gasteiger partial charge in [0.2, 0.25) is 0 Å². The van der Waals surface area contributed by atoms with Crippen LogP contribution in [-0.2, 0) is 0 Å². The van der Waals surface area contributed by atoms with Gasteiger partial charge in [0.15, 0.2) is 5.75 Å². The second-order valence-corrected chi connectivity index (χ2v) is 4.77. The van der Waals surface area contributed by atoms with Crippen LogP contribution in [0.25, 0.3) is 0 Å². The first-order chi connectivity index (χ1) is 8.62. The van der Waals surface area contributed by atoms with Crippen molar-refractivity contribution in [3.8, 4) is 5.75 Å². The number of nitrogens with one attached hydrogen (secondary N) is 1. The molecule has 98 valence electrons. The molecule has 0 radical (unpaired) electrons. The molecule has 0 atom stereocenters. The molecular formula is C13H18N2O3. The van der Waals surface area contributed by atoms with E-state index in [1.165, 1.54) is 7.11 Å². The highest BCUT2D eigenvalue weighted by Gasteiger charge is 2.42. The molecule has 5 nitrogen and oxygen atoms in total. The molecule has 0 saturated heterocycles. The Bertz CT molecular complexity index is 456. The van der Waals surface area contributed by atoms with Gasteiger partial charge in [0.25, 0.3) is 5.91 Å². The number of nitrogens with two attached hydrogens (primary N) is 1. The minimum atomic E-state index is -0.223. The van der Waals surface area contributed by atoms with Crippen LogP contribution in [0.15, 0.2) is 18.2 Å². The van der Waals surface area contributed by atoms with E-state index < -0.39 is 0 Å². The second kappa shape index (κ2) is 4.86. The maximum atomic E-state index is 12.0. The molecular weight excluding hydrogens is 232 g/mol. The molecule has 5 heteroatoms. The van der Waals surface area contributed by atoms with E-state index in [2.05, 4.69) is 5.32 Å². The number of hydrogen-bond donors (Lipinski definition) is 3. The first kappa shape index (κ1) is 12.7. The average molecular weight is 250 g/mol. The Morgan fingerprint density at radius 3 is 2.83 bits per heavy atom. The molecule has 0 bridgehead atoms. The third-order valence-electron chi connectivity index (χ3n) is 3.41. The van der Waals surface area contributed by atoms with E-state index in [0.29, 0.717) is 23.5 Å². The van der Waals surface area contributed by atoms with Crippen LogP contribution in [0.1, 0.15) is 23.2 Å². The fourth-order valence-corrected chi connectivity index (χ4v) is 1.89. The van der Waals surface area contributed by atoms with E-state index in [9.17, 15) is 9.90 Å². The van der Waals surface area contributed by atoms with Crippen LogP contribution in [-0.4, -0.2) is 31.3 Å². The van der Waals surface area contributed by atoms with Gasteiger partial charge < -0.3 is 20.9 Å². The van der Waals surface area contributed by atoms with Crippen LogP contribution in [0.2, 0.25) is 0 Å². The number of nitrogen functional groups attached to an aromatic ring is 1. The fourth-order valence-electron chi connectivity index (χ4n) is 1.89. The lowest BCUT2D eigenvalue weighted by molar-refractivity contribution is 0.0932. The third kappa shape index (κ3) is 2.41. The number of methoxy groups -OCH3 is 1. The molecule has 4 N–H and O–H groups in total. The quantitative estimate of drug-likeness (QED) is 0.674. The fraction of sp³-hybridized carbons (Fsp3) is 0.462. The van der Waals surface area contributed by atoms with Crippen molar-refractivity contribution in [3.05, 3.63) is 23.8 Å². The minimum absolute atomic E-state index is 0.108. The lowest BCUT2D eigenvalue weighted by Crippen LogP contribution is -2.32. The van der Waals surface area contributed by atoms with Crippen LogP contribution in [0, 0.1) is 5.41 Å². The van der Waals surface area contributed by atoms with E-state index in [-0.39, 0.29) is 17.9 Å². The van der Waals surface area contributed by atoms with Gasteiger partial charge in [-0.2, -0.15) is 0 Å². The van der Waals surface area contributed by atoms with Crippen LogP contribution in [0.4, 0.5) is 5.69 Å². The van der Waals surface area contributed by atoms with E-state index in [4.69, 9.17) is 10.5 Å². The number of hydrogen-bond acceptors (Lipinski definition) is 4. The Morgan fingerprint density at radius 1 is 1.56 bits per heavy atom. The number of benzene rings is 1. The number of amides is 1. The first-order valence-corrected chi connectivity index (χ1v) is 5.93.